The smallest absolute Gasteiger partial charge is 0.339 e. The van der Waals surface area contributed by atoms with Crippen LogP contribution >= 0.6 is 0 Å². The third-order valence-corrected chi connectivity index (χ3v) is 3.48. The largest absolute Gasteiger partial charge is 0.478 e. The SMILES string of the molecule is CCN(CC1CCCO1)c1nccc(C)c1C(=O)O. The number of likely N-dealkylation sites (N-methyl/N-ethyl adjacent to an activating group) is 1. The zero-order valence-electron chi connectivity index (χ0n) is 11.4. The normalized spacial score (nSPS) is 18.5. The fraction of sp³-hybridized carbons (Fsp3) is 0.571. The van der Waals surface area contributed by atoms with Crippen LogP contribution in [-0.4, -0.2) is 41.9 Å². The highest BCUT2D eigenvalue weighted by Gasteiger charge is 2.23. The van der Waals surface area contributed by atoms with Crippen molar-refractivity contribution in [1.82, 2.24) is 4.98 Å². The van der Waals surface area contributed by atoms with Crippen molar-refractivity contribution in [3.05, 3.63) is 23.4 Å². The van der Waals surface area contributed by atoms with Crippen molar-refractivity contribution < 1.29 is 14.6 Å². The number of rotatable bonds is 5. The highest BCUT2D eigenvalue weighted by molar-refractivity contribution is 5.94. The van der Waals surface area contributed by atoms with Crippen LogP contribution in [0.2, 0.25) is 0 Å². The number of carboxylic acid groups (broad SMARTS) is 1. The molecule has 1 aromatic rings. The molecule has 2 heterocycles. The van der Waals surface area contributed by atoms with E-state index in [1.54, 1.807) is 19.2 Å². The topological polar surface area (TPSA) is 62.7 Å². The number of hydrogen-bond acceptors (Lipinski definition) is 4. The van der Waals surface area contributed by atoms with Crippen LogP contribution in [0.25, 0.3) is 0 Å². The molecule has 0 radical (unpaired) electrons. The molecule has 0 aliphatic carbocycles. The van der Waals surface area contributed by atoms with Crippen LogP contribution in [0.3, 0.4) is 0 Å². The van der Waals surface area contributed by atoms with Gasteiger partial charge in [0.15, 0.2) is 0 Å². The van der Waals surface area contributed by atoms with Crippen molar-refractivity contribution in [2.45, 2.75) is 32.8 Å². The van der Waals surface area contributed by atoms with Gasteiger partial charge in [0.05, 0.1) is 6.10 Å². The zero-order chi connectivity index (χ0) is 13.8. The van der Waals surface area contributed by atoms with Gasteiger partial charge in [-0.3, -0.25) is 0 Å². The summed E-state index contributed by atoms with van der Waals surface area (Å²) in [7, 11) is 0. The van der Waals surface area contributed by atoms with Crippen LogP contribution in [0, 0.1) is 6.92 Å². The Balaban J connectivity index is 2.26. The third-order valence-electron chi connectivity index (χ3n) is 3.48. The molecule has 0 saturated carbocycles. The number of pyridine rings is 1. The number of ether oxygens (including phenoxy) is 1. The average molecular weight is 264 g/mol. The van der Waals surface area contributed by atoms with Crippen LogP contribution in [0.5, 0.6) is 0 Å². The quantitative estimate of drug-likeness (QED) is 0.882. The Bertz CT molecular complexity index is 456. The summed E-state index contributed by atoms with van der Waals surface area (Å²) >= 11 is 0. The molecular formula is C14H20N2O3. The van der Waals surface area contributed by atoms with Crippen molar-refractivity contribution in [2.75, 3.05) is 24.6 Å². The molecule has 104 valence electrons. The molecule has 0 amide bonds. The van der Waals surface area contributed by atoms with E-state index in [1.165, 1.54) is 0 Å². The number of aromatic nitrogens is 1. The van der Waals surface area contributed by atoms with Crippen LogP contribution in [-0.2, 0) is 4.74 Å². The van der Waals surface area contributed by atoms with E-state index in [9.17, 15) is 9.90 Å². The van der Waals surface area contributed by atoms with Crippen molar-refractivity contribution >= 4 is 11.8 Å². The molecular weight excluding hydrogens is 244 g/mol. The summed E-state index contributed by atoms with van der Waals surface area (Å²) in [6.07, 6.45) is 3.96. The molecule has 1 aromatic heterocycles. The summed E-state index contributed by atoms with van der Waals surface area (Å²) in [6.45, 7) is 6.03. The van der Waals surface area contributed by atoms with Gasteiger partial charge in [0.2, 0.25) is 0 Å². The molecule has 1 unspecified atom stereocenters. The van der Waals surface area contributed by atoms with Gasteiger partial charge in [0.1, 0.15) is 11.4 Å². The Morgan fingerprint density at radius 3 is 3.00 bits per heavy atom. The van der Waals surface area contributed by atoms with Crippen LogP contribution < -0.4 is 4.90 Å². The van der Waals surface area contributed by atoms with E-state index in [4.69, 9.17) is 4.74 Å². The summed E-state index contributed by atoms with van der Waals surface area (Å²) in [5.74, 6) is -0.378. The molecule has 1 aliphatic heterocycles. The second-order valence-electron chi connectivity index (χ2n) is 4.81. The molecule has 19 heavy (non-hydrogen) atoms. The van der Waals surface area contributed by atoms with Gasteiger partial charge in [-0.05, 0) is 38.3 Å². The minimum Gasteiger partial charge on any atom is -0.478 e. The molecule has 2 rings (SSSR count). The minimum absolute atomic E-state index is 0.184. The minimum atomic E-state index is -0.925. The first-order valence-electron chi connectivity index (χ1n) is 6.69. The Labute approximate surface area is 113 Å². The summed E-state index contributed by atoms with van der Waals surface area (Å²) in [4.78, 5) is 17.7. The Hall–Kier alpha value is -1.62. The third kappa shape index (κ3) is 3.04. The van der Waals surface area contributed by atoms with Crippen LogP contribution in [0.1, 0.15) is 35.7 Å². The van der Waals surface area contributed by atoms with Crippen LogP contribution in [0.15, 0.2) is 12.3 Å². The number of carboxylic acids is 1. The van der Waals surface area contributed by atoms with Crippen LogP contribution in [0.4, 0.5) is 5.82 Å². The van der Waals surface area contributed by atoms with Gasteiger partial charge < -0.3 is 14.7 Å². The Kier molecular flexibility index (Phi) is 4.37. The van der Waals surface area contributed by atoms with Gasteiger partial charge >= 0.3 is 5.97 Å². The first-order valence-corrected chi connectivity index (χ1v) is 6.69. The van der Waals surface area contributed by atoms with Crippen molar-refractivity contribution in [3.63, 3.8) is 0 Å². The number of carbonyl (C=O) groups is 1. The summed E-state index contributed by atoms with van der Waals surface area (Å²) in [6, 6.07) is 1.73. The molecule has 1 N–H and O–H groups in total. The molecule has 1 saturated heterocycles. The fourth-order valence-electron chi connectivity index (χ4n) is 2.45. The molecule has 0 aromatic carbocycles. The zero-order valence-corrected chi connectivity index (χ0v) is 11.4. The molecule has 1 aliphatic rings. The van der Waals surface area contributed by atoms with Gasteiger partial charge in [-0.1, -0.05) is 0 Å². The molecule has 1 atom stereocenters. The second-order valence-corrected chi connectivity index (χ2v) is 4.81. The maximum atomic E-state index is 11.4. The second kappa shape index (κ2) is 6.02. The van der Waals surface area contributed by atoms with Gasteiger partial charge in [-0.25, -0.2) is 9.78 Å². The predicted octanol–water partition coefficient (Wildman–Crippen LogP) is 2.09. The van der Waals surface area contributed by atoms with E-state index in [2.05, 4.69) is 4.98 Å². The van der Waals surface area contributed by atoms with Gasteiger partial charge in [-0.2, -0.15) is 0 Å². The lowest BCUT2D eigenvalue weighted by Crippen LogP contribution is -2.34. The number of nitrogens with zero attached hydrogens (tertiary/aromatic N) is 2. The standard InChI is InChI=1S/C14H20N2O3/c1-3-16(9-11-5-4-8-19-11)13-12(14(17)18)10(2)6-7-15-13/h6-7,11H,3-5,8-9H2,1-2H3,(H,17,18). The number of anilines is 1. The predicted molar refractivity (Wildman–Crippen MR) is 72.8 cm³/mol. The fourth-order valence-corrected chi connectivity index (χ4v) is 2.45. The summed E-state index contributed by atoms with van der Waals surface area (Å²) in [5, 5.41) is 9.35. The van der Waals surface area contributed by atoms with E-state index in [0.717, 1.165) is 31.6 Å². The number of aryl methyl sites for hydroxylation is 1. The highest BCUT2D eigenvalue weighted by Crippen LogP contribution is 2.23. The van der Waals surface area contributed by atoms with E-state index in [-0.39, 0.29) is 6.10 Å². The number of hydrogen-bond donors (Lipinski definition) is 1. The van der Waals surface area contributed by atoms with Crippen molar-refractivity contribution in [3.8, 4) is 0 Å². The van der Waals surface area contributed by atoms with Crippen molar-refractivity contribution in [2.24, 2.45) is 0 Å². The lowest BCUT2D eigenvalue weighted by atomic mass is 10.1. The first-order chi connectivity index (χ1) is 9.13. The maximum Gasteiger partial charge on any atom is 0.339 e. The highest BCUT2D eigenvalue weighted by atomic mass is 16.5. The molecule has 5 heteroatoms. The van der Waals surface area contributed by atoms with Crippen molar-refractivity contribution in [1.29, 1.82) is 0 Å². The molecule has 0 spiro atoms. The summed E-state index contributed by atoms with van der Waals surface area (Å²) < 4.78 is 5.62. The summed E-state index contributed by atoms with van der Waals surface area (Å²) in [5.41, 5.74) is 1.03. The van der Waals surface area contributed by atoms with Gasteiger partial charge in [-0.15, -0.1) is 0 Å². The van der Waals surface area contributed by atoms with E-state index < -0.39 is 5.97 Å². The monoisotopic (exact) mass is 264 g/mol. The maximum absolute atomic E-state index is 11.4. The average Bonchev–Trinajstić information content (AvgIpc) is 2.88. The lowest BCUT2D eigenvalue weighted by molar-refractivity contribution is 0.0695. The number of aromatic carboxylic acids is 1. The van der Waals surface area contributed by atoms with E-state index >= 15 is 0 Å². The molecule has 1 fully saturated rings. The lowest BCUT2D eigenvalue weighted by Gasteiger charge is -2.26. The Morgan fingerprint density at radius 1 is 1.63 bits per heavy atom. The molecule has 0 bridgehead atoms. The van der Waals surface area contributed by atoms with E-state index in [1.807, 2.05) is 11.8 Å². The molecule has 5 nitrogen and oxygen atoms in total. The van der Waals surface area contributed by atoms with Gasteiger partial charge in [0.25, 0.3) is 0 Å². The van der Waals surface area contributed by atoms with E-state index in [0.29, 0.717) is 17.9 Å². The Morgan fingerprint density at radius 2 is 2.42 bits per heavy atom. The first kappa shape index (κ1) is 13.8. The van der Waals surface area contributed by atoms with Gasteiger partial charge in [0, 0.05) is 25.9 Å².